The topological polar surface area (TPSA) is 32.3 Å². The normalized spacial score (nSPS) is 17.4. The van der Waals surface area contributed by atoms with Crippen molar-refractivity contribution < 1.29 is 4.79 Å². The second kappa shape index (κ2) is 4.64. The first kappa shape index (κ1) is 14.1. The Bertz CT molecular complexity index is 465. The average molecular weight is 260 g/mol. The molecular formula is C16H24N2O. The molecule has 1 amide bonds. The van der Waals surface area contributed by atoms with Crippen LogP contribution in [0.5, 0.6) is 0 Å². The Kier molecular flexibility index (Phi) is 3.43. The maximum Gasteiger partial charge on any atom is 0.244 e. The first-order valence-corrected chi connectivity index (χ1v) is 6.85. The zero-order valence-corrected chi connectivity index (χ0v) is 12.6. The second-order valence-electron chi connectivity index (χ2n) is 6.74. The molecule has 3 heteroatoms. The number of nitrogens with one attached hydrogen (secondary N) is 1. The average Bonchev–Trinajstić information content (AvgIpc) is 3.08. The number of carbonyl (C=O) groups is 1. The van der Waals surface area contributed by atoms with Crippen LogP contribution >= 0.6 is 0 Å². The summed E-state index contributed by atoms with van der Waals surface area (Å²) in [6.45, 7) is 6.61. The van der Waals surface area contributed by atoms with E-state index in [1.807, 2.05) is 14.1 Å². The van der Waals surface area contributed by atoms with E-state index in [9.17, 15) is 4.79 Å². The van der Waals surface area contributed by atoms with Gasteiger partial charge in [0.1, 0.15) is 0 Å². The van der Waals surface area contributed by atoms with Gasteiger partial charge in [0.15, 0.2) is 0 Å². The highest BCUT2D eigenvalue weighted by Gasteiger charge is 2.51. The minimum absolute atomic E-state index is 0.112. The van der Waals surface area contributed by atoms with Gasteiger partial charge in [0.2, 0.25) is 5.91 Å². The second-order valence-corrected chi connectivity index (χ2v) is 6.74. The molecule has 104 valence electrons. The number of amides is 1. The lowest BCUT2D eigenvalue weighted by Crippen LogP contribution is -2.42. The molecule has 0 spiro atoms. The number of carbonyl (C=O) groups excluding carboxylic acids is 1. The number of hydrogen-bond acceptors (Lipinski definition) is 2. The SMILES string of the molecule is CN(C)NC(=O)C1(c2ccc(C(C)(C)C)cc2)CC1. The first-order valence-electron chi connectivity index (χ1n) is 6.85. The fourth-order valence-corrected chi connectivity index (χ4v) is 2.37. The van der Waals surface area contributed by atoms with Crippen LogP contribution in [-0.2, 0) is 15.6 Å². The summed E-state index contributed by atoms with van der Waals surface area (Å²) in [5.74, 6) is 0.112. The van der Waals surface area contributed by atoms with Gasteiger partial charge in [-0.15, -0.1) is 0 Å². The molecule has 1 aromatic rings. The smallest absolute Gasteiger partial charge is 0.244 e. The summed E-state index contributed by atoms with van der Waals surface area (Å²) in [6, 6.07) is 8.53. The highest BCUT2D eigenvalue weighted by molar-refractivity contribution is 5.90. The third kappa shape index (κ3) is 2.81. The van der Waals surface area contributed by atoms with Gasteiger partial charge in [-0.05, 0) is 29.4 Å². The zero-order chi connectivity index (χ0) is 14.3. The van der Waals surface area contributed by atoms with Crippen LogP contribution in [-0.4, -0.2) is 25.0 Å². The summed E-state index contributed by atoms with van der Waals surface area (Å²) < 4.78 is 0. The summed E-state index contributed by atoms with van der Waals surface area (Å²) in [6.07, 6.45) is 1.89. The predicted octanol–water partition coefficient (Wildman–Crippen LogP) is 2.61. The lowest BCUT2D eigenvalue weighted by atomic mass is 9.85. The van der Waals surface area contributed by atoms with Crippen LogP contribution in [0.1, 0.15) is 44.7 Å². The molecular weight excluding hydrogens is 236 g/mol. The maximum absolute atomic E-state index is 12.3. The van der Waals surface area contributed by atoms with Crippen LogP contribution < -0.4 is 5.43 Å². The van der Waals surface area contributed by atoms with Gasteiger partial charge in [0.25, 0.3) is 0 Å². The molecule has 0 aliphatic heterocycles. The Morgan fingerprint density at radius 3 is 2.05 bits per heavy atom. The van der Waals surface area contributed by atoms with Gasteiger partial charge in [0, 0.05) is 14.1 Å². The standard InChI is InChI=1S/C16H24N2O/c1-15(2,3)12-6-8-13(9-7-12)16(10-11-16)14(19)17-18(4)5/h6-9H,10-11H2,1-5H3,(H,17,19). The predicted molar refractivity (Wildman–Crippen MR) is 77.9 cm³/mol. The van der Waals surface area contributed by atoms with E-state index in [1.54, 1.807) is 5.01 Å². The van der Waals surface area contributed by atoms with Crippen LogP contribution in [0, 0.1) is 0 Å². The van der Waals surface area contributed by atoms with E-state index < -0.39 is 0 Å². The lowest BCUT2D eigenvalue weighted by Gasteiger charge is -2.22. The molecule has 0 bridgehead atoms. The highest BCUT2D eigenvalue weighted by Crippen LogP contribution is 2.48. The lowest BCUT2D eigenvalue weighted by molar-refractivity contribution is -0.127. The minimum Gasteiger partial charge on any atom is -0.289 e. The first-order chi connectivity index (χ1) is 8.75. The number of rotatable bonds is 3. The monoisotopic (exact) mass is 260 g/mol. The summed E-state index contributed by atoms with van der Waals surface area (Å²) in [5, 5.41) is 1.71. The van der Waals surface area contributed by atoms with E-state index >= 15 is 0 Å². The molecule has 0 heterocycles. The summed E-state index contributed by atoms with van der Waals surface area (Å²) in [7, 11) is 3.69. The van der Waals surface area contributed by atoms with Crippen molar-refractivity contribution in [3.05, 3.63) is 35.4 Å². The van der Waals surface area contributed by atoms with Crippen molar-refractivity contribution in [1.29, 1.82) is 0 Å². The largest absolute Gasteiger partial charge is 0.289 e. The summed E-state index contributed by atoms with van der Waals surface area (Å²) in [4.78, 5) is 12.3. The molecule has 2 rings (SSSR count). The van der Waals surface area contributed by atoms with Crippen molar-refractivity contribution in [2.24, 2.45) is 0 Å². The maximum atomic E-state index is 12.3. The molecule has 0 atom stereocenters. The quantitative estimate of drug-likeness (QED) is 0.847. The van der Waals surface area contributed by atoms with Crippen LogP contribution in [0.15, 0.2) is 24.3 Å². The molecule has 1 aliphatic rings. The van der Waals surface area contributed by atoms with Crippen molar-refractivity contribution in [3.63, 3.8) is 0 Å². The molecule has 1 saturated carbocycles. The Hall–Kier alpha value is -1.35. The van der Waals surface area contributed by atoms with E-state index in [-0.39, 0.29) is 16.7 Å². The van der Waals surface area contributed by atoms with Gasteiger partial charge >= 0.3 is 0 Å². The molecule has 1 aliphatic carbocycles. The Morgan fingerprint density at radius 1 is 1.16 bits per heavy atom. The number of nitrogens with zero attached hydrogens (tertiary/aromatic N) is 1. The third-order valence-corrected chi connectivity index (χ3v) is 3.81. The molecule has 1 aromatic carbocycles. The Balaban J connectivity index is 2.21. The van der Waals surface area contributed by atoms with Crippen LogP contribution in [0.3, 0.4) is 0 Å². The number of hydrazine groups is 1. The van der Waals surface area contributed by atoms with E-state index in [1.165, 1.54) is 5.56 Å². The van der Waals surface area contributed by atoms with Crippen molar-refractivity contribution >= 4 is 5.91 Å². The van der Waals surface area contributed by atoms with Gasteiger partial charge < -0.3 is 0 Å². The van der Waals surface area contributed by atoms with Crippen LogP contribution in [0.25, 0.3) is 0 Å². The summed E-state index contributed by atoms with van der Waals surface area (Å²) >= 11 is 0. The minimum atomic E-state index is -0.291. The summed E-state index contributed by atoms with van der Waals surface area (Å²) in [5.41, 5.74) is 5.19. The Labute approximate surface area is 116 Å². The van der Waals surface area contributed by atoms with Gasteiger partial charge in [-0.2, -0.15) is 0 Å². The van der Waals surface area contributed by atoms with Crippen LogP contribution in [0.2, 0.25) is 0 Å². The van der Waals surface area contributed by atoms with E-state index in [2.05, 4.69) is 50.5 Å². The fourth-order valence-electron chi connectivity index (χ4n) is 2.37. The van der Waals surface area contributed by atoms with Crippen molar-refractivity contribution in [2.75, 3.05) is 14.1 Å². The van der Waals surface area contributed by atoms with E-state index in [0.29, 0.717) is 0 Å². The van der Waals surface area contributed by atoms with E-state index in [4.69, 9.17) is 0 Å². The third-order valence-electron chi connectivity index (χ3n) is 3.81. The van der Waals surface area contributed by atoms with Gasteiger partial charge in [-0.25, -0.2) is 5.01 Å². The van der Waals surface area contributed by atoms with Crippen molar-refractivity contribution in [3.8, 4) is 0 Å². The number of hydrogen-bond donors (Lipinski definition) is 1. The van der Waals surface area contributed by atoms with Crippen molar-refractivity contribution in [1.82, 2.24) is 10.4 Å². The molecule has 3 nitrogen and oxygen atoms in total. The van der Waals surface area contributed by atoms with Crippen LogP contribution in [0.4, 0.5) is 0 Å². The van der Waals surface area contributed by atoms with Gasteiger partial charge in [-0.3, -0.25) is 10.2 Å². The molecule has 0 saturated heterocycles. The van der Waals surface area contributed by atoms with Gasteiger partial charge in [-0.1, -0.05) is 45.0 Å². The molecule has 1 fully saturated rings. The Morgan fingerprint density at radius 2 is 1.68 bits per heavy atom. The molecule has 0 radical (unpaired) electrons. The van der Waals surface area contributed by atoms with Crippen molar-refractivity contribution in [2.45, 2.75) is 44.4 Å². The zero-order valence-electron chi connectivity index (χ0n) is 12.6. The molecule has 19 heavy (non-hydrogen) atoms. The number of benzene rings is 1. The highest BCUT2D eigenvalue weighted by atomic mass is 16.2. The van der Waals surface area contributed by atoms with E-state index in [0.717, 1.165) is 18.4 Å². The molecule has 0 unspecified atom stereocenters. The molecule has 0 aromatic heterocycles. The molecule has 1 N–H and O–H groups in total. The fraction of sp³-hybridized carbons (Fsp3) is 0.562. The van der Waals surface area contributed by atoms with Gasteiger partial charge in [0.05, 0.1) is 5.41 Å².